The number of hydrogen-bond acceptors (Lipinski definition) is 5. The topological polar surface area (TPSA) is 71.0 Å². The molecule has 6 heteroatoms. The summed E-state index contributed by atoms with van der Waals surface area (Å²) in [5, 5.41) is 14.4. The second kappa shape index (κ2) is 9.28. The van der Waals surface area contributed by atoms with Gasteiger partial charge in [-0.15, -0.1) is 0 Å². The average molecular weight is 425 g/mol. The van der Waals surface area contributed by atoms with E-state index >= 15 is 0 Å². The maximum atomic E-state index is 12.9. The summed E-state index contributed by atoms with van der Waals surface area (Å²) in [6, 6.07) is 15.4. The Labute approximate surface area is 184 Å². The molecule has 1 aliphatic carbocycles. The third kappa shape index (κ3) is 4.70. The Morgan fingerprint density at radius 1 is 1.03 bits per heavy atom. The van der Waals surface area contributed by atoms with E-state index in [0.29, 0.717) is 13.0 Å². The van der Waals surface area contributed by atoms with E-state index in [1.165, 1.54) is 0 Å². The number of rotatable bonds is 6. The van der Waals surface area contributed by atoms with Gasteiger partial charge >= 0.3 is 0 Å². The van der Waals surface area contributed by atoms with Crippen molar-refractivity contribution in [3.63, 3.8) is 0 Å². The first-order chi connectivity index (χ1) is 15.0. The fourth-order valence-electron chi connectivity index (χ4n) is 5.22. The van der Waals surface area contributed by atoms with Gasteiger partial charge in [0.15, 0.2) is 0 Å². The van der Waals surface area contributed by atoms with Crippen LogP contribution in [0.25, 0.3) is 0 Å². The number of likely N-dealkylation sites (tertiary alicyclic amines) is 1. The number of amides is 1. The lowest BCUT2D eigenvalue weighted by Crippen LogP contribution is -2.56. The van der Waals surface area contributed by atoms with E-state index < -0.39 is 5.60 Å². The molecule has 0 spiro atoms. The molecule has 2 aromatic rings. The minimum absolute atomic E-state index is 0.00609. The maximum absolute atomic E-state index is 12.9. The Hall–Kier alpha value is -2.57. The molecule has 1 saturated heterocycles. The zero-order valence-corrected chi connectivity index (χ0v) is 18.3. The molecule has 3 atom stereocenters. The van der Waals surface area contributed by atoms with Gasteiger partial charge in [0.2, 0.25) is 5.91 Å². The molecule has 1 aliphatic heterocycles. The van der Waals surface area contributed by atoms with Crippen molar-refractivity contribution in [1.29, 1.82) is 0 Å². The van der Waals surface area contributed by atoms with Crippen molar-refractivity contribution in [2.24, 2.45) is 5.92 Å². The standard InChI is InChI=1S/C25H32N2O4/c1-30-20-10-6-18(7-11-20)24-22-5-3-4-14-25(22,29)15-16-27(24)17-23(28)26-19-8-12-21(31-2)13-9-19/h6-13,22,24,29H,3-5,14-17H2,1-2H3,(H,26,28)/t22?,24-,25?/m0/s1. The van der Waals surface area contributed by atoms with Crippen LogP contribution in [0.3, 0.4) is 0 Å². The molecule has 4 rings (SSSR count). The molecule has 2 N–H and O–H groups in total. The number of nitrogens with zero attached hydrogens (tertiary/aromatic N) is 1. The Morgan fingerprint density at radius 3 is 2.32 bits per heavy atom. The molecule has 2 aromatic carbocycles. The third-order valence-corrected chi connectivity index (χ3v) is 6.85. The molecule has 31 heavy (non-hydrogen) atoms. The van der Waals surface area contributed by atoms with Gasteiger partial charge in [-0.25, -0.2) is 0 Å². The number of nitrogens with one attached hydrogen (secondary N) is 1. The van der Waals surface area contributed by atoms with Gasteiger partial charge in [0.05, 0.1) is 26.4 Å². The van der Waals surface area contributed by atoms with E-state index in [1.54, 1.807) is 14.2 Å². The first-order valence-corrected chi connectivity index (χ1v) is 11.1. The molecule has 166 valence electrons. The molecule has 0 radical (unpaired) electrons. The maximum Gasteiger partial charge on any atom is 0.238 e. The largest absolute Gasteiger partial charge is 0.497 e. The summed E-state index contributed by atoms with van der Waals surface area (Å²) in [6.45, 7) is 0.981. The Kier molecular flexibility index (Phi) is 6.49. The van der Waals surface area contributed by atoms with Gasteiger partial charge in [-0.3, -0.25) is 9.69 Å². The molecule has 1 heterocycles. The molecule has 2 unspecified atom stereocenters. The Balaban J connectivity index is 1.54. The van der Waals surface area contributed by atoms with E-state index in [2.05, 4.69) is 22.3 Å². The van der Waals surface area contributed by atoms with Crippen molar-refractivity contribution in [3.05, 3.63) is 54.1 Å². The van der Waals surface area contributed by atoms with Crippen molar-refractivity contribution in [1.82, 2.24) is 4.90 Å². The van der Waals surface area contributed by atoms with Gasteiger partial charge in [-0.05, 0) is 61.2 Å². The van der Waals surface area contributed by atoms with Gasteiger partial charge in [0.1, 0.15) is 11.5 Å². The van der Waals surface area contributed by atoms with Crippen LogP contribution >= 0.6 is 0 Å². The van der Waals surface area contributed by atoms with Gasteiger partial charge in [-0.2, -0.15) is 0 Å². The number of benzene rings is 2. The van der Waals surface area contributed by atoms with Gasteiger partial charge in [-0.1, -0.05) is 25.0 Å². The van der Waals surface area contributed by atoms with Crippen molar-refractivity contribution < 1.29 is 19.4 Å². The highest BCUT2D eigenvalue weighted by atomic mass is 16.5. The van der Waals surface area contributed by atoms with Crippen molar-refractivity contribution >= 4 is 11.6 Å². The van der Waals surface area contributed by atoms with Crippen LogP contribution in [0.2, 0.25) is 0 Å². The molecule has 1 saturated carbocycles. The highest BCUT2D eigenvalue weighted by Gasteiger charge is 2.49. The zero-order chi connectivity index (χ0) is 21.8. The number of piperidine rings is 1. The molecular formula is C25H32N2O4. The van der Waals surface area contributed by atoms with Gasteiger partial charge in [0, 0.05) is 24.2 Å². The zero-order valence-electron chi connectivity index (χ0n) is 18.3. The van der Waals surface area contributed by atoms with Crippen LogP contribution < -0.4 is 14.8 Å². The van der Waals surface area contributed by atoms with Crippen LogP contribution in [0.1, 0.15) is 43.7 Å². The van der Waals surface area contributed by atoms with E-state index in [-0.39, 0.29) is 24.4 Å². The Morgan fingerprint density at radius 2 is 1.68 bits per heavy atom. The number of ether oxygens (including phenoxy) is 2. The molecule has 1 amide bonds. The van der Waals surface area contributed by atoms with Gasteiger partial charge < -0.3 is 19.9 Å². The van der Waals surface area contributed by atoms with E-state index in [0.717, 1.165) is 48.4 Å². The first-order valence-electron chi connectivity index (χ1n) is 11.1. The monoisotopic (exact) mass is 424 g/mol. The summed E-state index contributed by atoms with van der Waals surface area (Å²) in [6.07, 6.45) is 4.71. The highest BCUT2D eigenvalue weighted by Crippen LogP contribution is 2.49. The van der Waals surface area contributed by atoms with Crippen molar-refractivity contribution in [3.8, 4) is 11.5 Å². The number of fused-ring (bicyclic) bond motifs is 1. The third-order valence-electron chi connectivity index (χ3n) is 6.85. The summed E-state index contributed by atoms with van der Waals surface area (Å²) in [7, 11) is 3.28. The number of carbonyl (C=O) groups is 1. The number of carbonyl (C=O) groups excluding carboxylic acids is 1. The number of methoxy groups -OCH3 is 2. The predicted molar refractivity (Wildman–Crippen MR) is 120 cm³/mol. The van der Waals surface area contributed by atoms with Crippen LogP contribution in [0, 0.1) is 5.92 Å². The molecule has 2 fully saturated rings. The lowest BCUT2D eigenvalue weighted by atomic mass is 9.66. The van der Waals surface area contributed by atoms with E-state index in [9.17, 15) is 9.90 Å². The van der Waals surface area contributed by atoms with Crippen LogP contribution in [0.15, 0.2) is 48.5 Å². The summed E-state index contributed by atoms with van der Waals surface area (Å²) < 4.78 is 10.5. The Bertz CT molecular complexity index is 883. The predicted octanol–water partition coefficient (Wildman–Crippen LogP) is 4.01. The summed E-state index contributed by atoms with van der Waals surface area (Å²) in [5.41, 5.74) is 1.23. The number of hydrogen-bond donors (Lipinski definition) is 2. The number of anilines is 1. The van der Waals surface area contributed by atoms with E-state index in [1.807, 2.05) is 36.4 Å². The second-order valence-corrected chi connectivity index (χ2v) is 8.67. The van der Waals surface area contributed by atoms with Gasteiger partial charge in [0.25, 0.3) is 0 Å². The lowest BCUT2D eigenvalue weighted by Gasteiger charge is -2.52. The SMILES string of the molecule is COc1ccc(NC(=O)CN2CCC3(O)CCCCC3[C@@H]2c2ccc(OC)cc2)cc1. The molecule has 0 aromatic heterocycles. The fourth-order valence-corrected chi connectivity index (χ4v) is 5.22. The highest BCUT2D eigenvalue weighted by molar-refractivity contribution is 5.92. The minimum atomic E-state index is -0.647. The van der Waals surface area contributed by atoms with E-state index in [4.69, 9.17) is 9.47 Å². The first kappa shape index (κ1) is 21.7. The average Bonchev–Trinajstić information content (AvgIpc) is 2.79. The summed E-state index contributed by atoms with van der Waals surface area (Å²) in [5.74, 6) is 1.63. The fraction of sp³-hybridized carbons (Fsp3) is 0.480. The minimum Gasteiger partial charge on any atom is -0.497 e. The molecule has 2 aliphatic rings. The number of aliphatic hydroxyl groups is 1. The quantitative estimate of drug-likeness (QED) is 0.733. The molecular weight excluding hydrogens is 392 g/mol. The second-order valence-electron chi connectivity index (χ2n) is 8.67. The van der Waals surface area contributed by atoms with Crippen LogP contribution in [-0.4, -0.2) is 48.8 Å². The summed E-state index contributed by atoms with van der Waals surface area (Å²) in [4.78, 5) is 15.1. The normalized spacial score (nSPS) is 26.0. The molecule has 0 bridgehead atoms. The van der Waals surface area contributed by atoms with Crippen molar-refractivity contribution in [2.45, 2.75) is 43.7 Å². The molecule has 6 nitrogen and oxygen atoms in total. The smallest absolute Gasteiger partial charge is 0.238 e. The van der Waals surface area contributed by atoms with Crippen molar-refractivity contribution in [2.75, 3.05) is 32.6 Å². The summed E-state index contributed by atoms with van der Waals surface area (Å²) >= 11 is 0. The van der Waals surface area contributed by atoms with Crippen LogP contribution in [-0.2, 0) is 4.79 Å². The lowest BCUT2D eigenvalue weighted by molar-refractivity contribution is -0.135. The van der Waals surface area contributed by atoms with Crippen LogP contribution in [0.5, 0.6) is 11.5 Å². The van der Waals surface area contributed by atoms with Crippen LogP contribution in [0.4, 0.5) is 5.69 Å².